The van der Waals surface area contributed by atoms with Crippen LogP contribution in [0.5, 0.6) is 0 Å². The highest BCUT2D eigenvalue weighted by Gasteiger charge is 2.14. The van der Waals surface area contributed by atoms with Crippen molar-refractivity contribution in [1.82, 2.24) is 0 Å². The number of thioether (sulfide) groups is 2. The van der Waals surface area contributed by atoms with Gasteiger partial charge in [0.1, 0.15) is 0 Å². The lowest BCUT2D eigenvalue weighted by Crippen LogP contribution is -2.02. The van der Waals surface area contributed by atoms with Crippen LogP contribution in [0.25, 0.3) is 0 Å². The van der Waals surface area contributed by atoms with Crippen molar-refractivity contribution in [2.45, 2.75) is 23.6 Å². The van der Waals surface area contributed by atoms with Crippen molar-refractivity contribution in [2.75, 3.05) is 24.0 Å². The van der Waals surface area contributed by atoms with Crippen molar-refractivity contribution in [1.29, 1.82) is 0 Å². The fraction of sp³-hybridized carbons (Fsp3) is 0.400. The predicted octanol–water partition coefficient (Wildman–Crippen LogP) is 2.91. The number of benzene rings is 1. The summed E-state index contributed by atoms with van der Waals surface area (Å²) in [4.78, 5) is 2.31. The molecule has 0 aliphatic rings. The second kappa shape index (κ2) is 4.36. The molecular formula is C10H16N2S2. The third kappa shape index (κ3) is 1.68. The Morgan fingerprint density at radius 3 is 1.43 bits per heavy atom. The highest BCUT2D eigenvalue weighted by molar-refractivity contribution is 7.99. The van der Waals surface area contributed by atoms with Crippen molar-refractivity contribution in [3.63, 3.8) is 0 Å². The molecule has 1 rings (SSSR count). The van der Waals surface area contributed by atoms with Gasteiger partial charge in [-0.25, -0.2) is 0 Å². The summed E-state index contributed by atoms with van der Waals surface area (Å²) in [6.45, 7) is 4.05. The minimum Gasteiger partial charge on any atom is -0.398 e. The summed E-state index contributed by atoms with van der Waals surface area (Å²) in [5.74, 6) is 0. The van der Waals surface area contributed by atoms with Gasteiger partial charge in [-0.3, -0.25) is 0 Å². The Kier molecular flexibility index (Phi) is 3.61. The van der Waals surface area contributed by atoms with E-state index in [9.17, 15) is 0 Å². The van der Waals surface area contributed by atoms with Crippen LogP contribution in [0.15, 0.2) is 9.79 Å². The lowest BCUT2D eigenvalue weighted by Gasteiger charge is -2.17. The van der Waals surface area contributed by atoms with E-state index in [-0.39, 0.29) is 0 Å². The molecule has 0 amide bonds. The molecule has 0 radical (unpaired) electrons. The normalized spacial score (nSPS) is 10.6. The smallest absolute Gasteiger partial charge is 0.0506 e. The lowest BCUT2D eigenvalue weighted by molar-refractivity contribution is 1.18. The van der Waals surface area contributed by atoms with Crippen LogP contribution in [0.4, 0.5) is 11.4 Å². The molecule has 1 aromatic carbocycles. The van der Waals surface area contributed by atoms with Gasteiger partial charge in [-0.2, -0.15) is 0 Å². The average molecular weight is 228 g/mol. The van der Waals surface area contributed by atoms with Gasteiger partial charge < -0.3 is 11.5 Å². The molecule has 78 valence electrons. The molecule has 14 heavy (non-hydrogen) atoms. The van der Waals surface area contributed by atoms with Gasteiger partial charge in [-0.15, -0.1) is 23.5 Å². The van der Waals surface area contributed by atoms with Gasteiger partial charge in [0.25, 0.3) is 0 Å². The number of nitrogen functional groups attached to an aromatic ring is 2. The first-order chi connectivity index (χ1) is 6.54. The minimum absolute atomic E-state index is 0.824. The molecule has 2 nitrogen and oxygen atoms in total. The molecule has 0 aliphatic heterocycles. The van der Waals surface area contributed by atoms with Gasteiger partial charge in [0, 0.05) is 9.79 Å². The third-order valence-electron chi connectivity index (χ3n) is 2.39. The third-order valence-corrected chi connectivity index (χ3v) is 4.26. The van der Waals surface area contributed by atoms with E-state index in [1.807, 2.05) is 19.4 Å². The summed E-state index contributed by atoms with van der Waals surface area (Å²) in [6.07, 6.45) is 4.08. The summed E-state index contributed by atoms with van der Waals surface area (Å²) in [6, 6.07) is 0. The highest BCUT2D eigenvalue weighted by Crippen LogP contribution is 2.40. The Morgan fingerprint density at radius 2 is 1.14 bits per heavy atom. The first-order valence-corrected chi connectivity index (χ1v) is 6.75. The Morgan fingerprint density at radius 1 is 0.786 bits per heavy atom. The standard InChI is InChI=1S/C10H16N2S2/c1-5-7(11)9(13-3)6(2)10(14-4)8(5)12/h11-12H2,1-4H3. The maximum Gasteiger partial charge on any atom is 0.0506 e. The van der Waals surface area contributed by atoms with Crippen LogP contribution < -0.4 is 11.5 Å². The van der Waals surface area contributed by atoms with Crippen LogP contribution in [-0.4, -0.2) is 12.5 Å². The molecule has 1 aromatic rings. The highest BCUT2D eigenvalue weighted by atomic mass is 32.2. The van der Waals surface area contributed by atoms with Gasteiger partial charge in [-0.1, -0.05) is 0 Å². The number of hydrogen-bond acceptors (Lipinski definition) is 4. The van der Waals surface area contributed by atoms with Gasteiger partial charge >= 0.3 is 0 Å². The molecule has 0 bridgehead atoms. The largest absolute Gasteiger partial charge is 0.398 e. The molecule has 0 unspecified atom stereocenters. The summed E-state index contributed by atoms with van der Waals surface area (Å²) in [5.41, 5.74) is 15.9. The topological polar surface area (TPSA) is 52.0 Å². The fourth-order valence-electron chi connectivity index (χ4n) is 1.52. The summed E-state index contributed by atoms with van der Waals surface area (Å²) in [5, 5.41) is 0. The molecule has 0 saturated carbocycles. The van der Waals surface area contributed by atoms with Gasteiger partial charge in [-0.05, 0) is 37.5 Å². The van der Waals surface area contributed by atoms with Crippen LogP contribution >= 0.6 is 23.5 Å². The molecule has 0 saturated heterocycles. The van der Waals surface area contributed by atoms with Crippen LogP contribution in [0, 0.1) is 13.8 Å². The zero-order chi connectivity index (χ0) is 10.9. The van der Waals surface area contributed by atoms with Crippen molar-refractivity contribution in [3.8, 4) is 0 Å². The van der Waals surface area contributed by atoms with E-state index in [0.29, 0.717) is 0 Å². The Balaban J connectivity index is 3.56. The lowest BCUT2D eigenvalue weighted by atomic mass is 10.1. The molecule has 0 fully saturated rings. The predicted molar refractivity (Wildman–Crippen MR) is 68.3 cm³/mol. The van der Waals surface area contributed by atoms with Gasteiger partial charge in [0.2, 0.25) is 0 Å². The SMILES string of the molecule is CSc1c(C)c(SC)c(N)c(C)c1N. The summed E-state index contributed by atoms with van der Waals surface area (Å²) >= 11 is 3.36. The van der Waals surface area contributed by atoms with E-state index in [0.717, 1.165) is 26.7 Å². The van der Waals surface area contributed by atoms with Gasteiger partial charge in [0.05, 0.1) is 11.4 Å². The van der Waals surface area contributed by atoms with E-state index < -0.39 is 0 Å². The zero-order valence-corrected chi connectivity index (χ0v) is 10.6. The van der Waals surface area contributed by atoms with Crippen LogP contribution in [0.1, 0.15) is 11.1 Å². The monoisotopic (exact) mass is 228 g/mol. The number of nitrogens with two attached hydrogens (primary N) is 2. The first-order valence-electron chi connectivity index (χ1n) is 4.30. The summed E-state index contributed by atoms with van der Waals surface area (Å²) < 4.78 is 0. The quantitative estimate of drug-likeness (QED) is 0.603. The van der Waals surface area contributed by atoms with Crippen molar-refractivity contribution in [3.05, 3.63) is 11.1 Å². The van der Waals surface area contributed by atoms with Crippen molar-refractivity contribution < 1.29 is 0 Å². The minimum atomic E-state index is 0.824. The molecule has 0 heterocycles. The van der Waals surface area contributed by atoms with E-state index in [4.69, 9.17) is 11.5 Å². The molecule has 0 spiro atoms. The van der Waals surface area contributed by atoms with Crippen LogP contribution in [-0.2, 0) is 0 Å². The van der Waals surface area contributed by atoms with E-state index >= 15 is 0 Å². The first kappa shape index (κ1) is 11.6. The molecule has 4 heteroatoms. The van der Waals surface area contributed by atoms with E-state index in [2.05, 4.69) is 6.92 Å². The molecule has 0 aromatic heterocycles. The summed E-state index contributed by atoms with van der Waals surface area (Å²) in [7, 11) is 0. The van der Waals surface area contributed by atoms with Crippen LogP contribution in [0.2, 0.25) is 0 Å². The van der Waals surface area contributed by atoms with Crippen molar-refractivity contribution in [2.24, 2.45) is 0 Å². The van der Waals surface area contributed by atoms with E-state index in [1.54, 1.807) is 23.5 Å². The average Bonchev–Trinajstić information content (AvgIpc) is 2.16. The Bertz CT molecular complexity index is 331. The van der Waals surface area contributed by atoms with E-state index in [1.165, 1.54) is 5.56 Å². The van der Waals surface area contributed by atoms with Gasteiger partial charge in [0.15, 0.2) is 0 Å². The Labute approximate surface area is 93.8 Å². The number of hydrogen-bond donors (Lipinski definition) is 2. The van der Waals surface area contributed by atoms with Crippen molar-refractivity contribution >= 4 is 34.9 Å². The maximum atomic E-state index is 6.01. The maximum absolute atomic E-state index is 6.01. The van der Waals surface area contributed by atoms with Crippen LogP contribution in [0.3, 0.4) is 0 Å². The second-order valence-corrected chi connectivity index (χ2v) is 4.78. The fourth-order valence-corrected chi connectivity index (χ4v) is 3.15. The second-order valence-electron chi connectivity index (χ2n) is 3.14. The molecule has 0 atom stereocenters. The molecule has 0 aliphatic carbocycles. The number of anilines is 2. The number of rotatable bonds is 2. The Hall–Kier alpha value is -0.480. The molecular weight excluding hydrogens is 212 g/mol. The molecule has 4 N–H and O–H groups in total. The zero-order valence-electron chi connectivity index (χ0n) is 8.97.